The molecule has 0 saturated carbocycles. The number of benzene rings is 1. The standard InChI is InChI=1S/C9H11ClO.ClH/c1-6(2)7-3-4-9(11)8(10)5-7;/h3-6,11H,1-2H3;1H. The fourth-order valence-electron chi connectivity index (χ4n) is 0.882. The first-order valence-corrected chi connectivity index (χ1v) is 3.97. The largest absolute Gasteiger partial charge is 0.506 e. The Hall–Kier alpha value is -0.400. The van der Waals surface area contributed by atoms with Gasteiger partial charge in [0.05, 0.1) is 5.02 Å². The first-order valence-electron chi connectivity index (χ1n) is 3.59. The van der Waals surface area contributed by atoms with Crippen molar-refractivity contribution in [2.45, 2.75) is 19.8 Å². The molecule has 1 aromatic carbocycles. The first kappa shape index (κ1) is 11.6. The second kappa shape index (κ2) is 4.58. The van der Waals surface area contributed by atoms with Gasteiger partial charge >= 0.3 is 0 Å². The molecule has 0 saturated heterocycles. The SMILES string of the molecule is CC(C)c1ccc(O)c(Cl)c1.Cl. The van der Waals surface area contributed by atoms with Gasteiger partial charge in [-0.05, 0) is 23.6 Å². The fourth-order valence-corrected chi connectivity index (χ4v) is 1.07. The van der Waals surface area contributed by atoms with Crippen LogP contribution in [-0.2, 0) is 0 Å². The van der Waals surface area contributed by atoms with E-state index in [1.54, 1.807) is 12.1 Å². The molecule has 0 aliphatic heterocycles. The summed E-state index contributed by atoms with van der Waals surface area (Å²) in [6, 6.07) is 5.30. The van der Waals surface area contributed by atoms with Crippen LogP contribution in [0.3, 0.4) is 0 Å². The van der Waals surface area contributed by atoms with Crippen molar-refractivity contribution in [1.82, 2.24) is 0 Å². The molecule has 1 rings (SSSR count). The number of rotatable bonds is 1. The third-order valence-electron chi connectivity index (χ3n) is 1.64. The number of phenols is 1. The Kier molecular flexibility index (Phi) is 4.43. The van der Waals surface area contributed by atoms with E-state index >= 15 is 0 Å². The molecule has 0 unspecified atom stereocenters. The van der Waals surface area contributed by atoms with E-state index in [2.05, 4.69) is 13.8 Å². The third-order valence-corrected chi connectivity index (χ3v) is 1.94. The van der Waals surface area contributed by atoms with Crippen molar-refractivity contribution in [1.29, 1.82) is 0 Å². The topological polar surface area (TPSA) is 20.2 Å². The summed E-state index contributed by atoms with van der Waals surface area (Å²) in [7, 11) is 0. The summed E-state index contributed by atoms with van der Waals surface area (Å²) in [6.07, 6.45) is 0. The molecule has 0 bridgehead atoms. The zero-order valence-corrected chi connectivity index (χ0v) is 8.62. The van der Waals surface area contributed by atoms with Crippen molar-refractivity contribution >= 4 is 24.0 Å². The Morgan fingerprint density at radius 2 is 1.92 bits per heavy atom. The summed E-state index contributed by atoms with van der Waals surface area (Å²) < 4.78 is 0. The predicted molar refractivity (Wildman–Crippen MR) is 54.5 cm³/mol. The third kappa shape index (κ3) is 2.58. The average Bonchev–Trinajstić information content (AvgIpc) is 1.94. The molecule has 0 fully saturated rings. The van der Waals surface area contributed by atoms with Crippen LogP contribution >= 0.6 is 24.0 Å². The maximum Gasteiger partial charge on any atom is 0.134 e. The Balaban J connectivity index is 0.00000121. The Morgan fingerprint density at radius 3 is 2.33 bits per heavy atom. The van der Waals surface area contributed by atoms with Crippen LogP contribution in [-0.4, -0.2) is 5.11 Å². The lowest BCUT2D eigenvalue weighted by atomic mass is 10.0. The highest BCUT2D eigenvalue weighted by molar-refractivity contribution is 6.32. The van der Waals surface area contributed by atoms with E-state index < -0.39 is 0 Å². The van der Waals surface area contributed by atoms with Crippen molar-refractivity contribution in [3.05, 3.63) is 28.8 Å². The van der Waals surface area contributed by atoms with Gasteiger partial charge in [0.15, 0.2) is 0 Å². The van der Waals surface area contributed by atoms with Gasteiger partial charge in [-0.3, -0.25) is 0 Å². The molecule has 0 spiro atoms. The molecule has 1 aromatic rings. The van der Waals surface area contributed by atoms with E-state index in [1.165, 1.54) is 0 Å². The molecule has 68 valence electrons. The predicted octanol–water partition coefficient (Wildman–Crippen LogP) is 3.59. The van der Waals surface area contributed by atoms with Gasteiger partial charge in [-0.1, -0.05) is 31.5 Å². The smallest absolute Gasteiger partial charge is 0.134 e. The van der Waals surface area contributed by atoms with Gasteiger partial charge in [0, 0.05) is 0 Å². The Bertz CT molecular complexity index is 259. The first-order chi connectivity index (χ1) is 5.11. The monoisotopic (exact) mass is 206 g/mol. The fraction of sp³-hybridized carbons (Fsp3) is 0.333. The van der Waals surface area contributed by atoms with E-state index in [9.17, 15) is 0 Å². The lowest BCUT2D eigenvalue weighted by Gasteiger charge is -2.05. The molecule has 0 aromatic heterocycles. The van der Waals surface area contributed by atoms with Crippen LogP contribution < -0.4 is 0 Å². The van der Waals surface area contributed by atoms with E-state index in [0.29, 0.717) is 10.9 Å². The van der Waals surface area contributed by atoms with Gasteiger partial charge in [-0.15, -0.1) is 12.4 Å². The number of aromatic hydroxyl groups is 1. The Labute approximate surface area is 83.8 Å². The van der Waals surface area contributed by atoms with Crippen molar-refractivity contribution < 1.29 is 5.11 Å². The zero-order valence-electron chi connectivity index (χ0n) is 7.04. The molecule has 0 aliphatic rings. The minimum atomic E-state index is 0. The lowest BCUT2D eigenvalue weighted by molar-refractivity contribution is 0.475. The minimum absolute atomic E-state index is 0. The normalized spacial score (nSPS) is 9.67. The Morgan fingerprint density at radius 1 is 1.33 bits per heavy atom. The van der Waals surface area contributed by atoms with Crippen molar-refractivity contribution in [2.75, 3.05) is 0 Å². The van der Waals surface area contributed by atoms with Crippen LogP contribution in [0.25, 0.3) is 0 Å². The molecule has 0 atom stereocenters. The molecule has 0 aliphatic carbocycles. The summed E-state index contributed by atoms with van der Waals surface area (Å²) in [5, 5.41) is 9.52. The summed E-state index contributed by atoms with van der Waals surface area (Å²) in [5.74, 6) is 0.601. The molecule has 0 radical (unpaired) electrons. The van der Waals surface area contributed by atoms with E-state index in [4.69, 9.17) is 16.7 Å². The van der Waals surface area contributed by atoms with Gasteiger partial charge in [0.1, 0.15) is 5.75 Å². The maximum absolute atomic E-state index is 9.09. The average molecular weight is 207 g/mol. The number of hydrogen-bond acceptors (Lipinski definition) is 1. The minimum Gasteiger partial charge on any atom is -0.506 e. The number of phenolic OH excluding ortho intramolecular Hbond substituents is 1. The van der Waals surface area contributed by atoms with E-state index in [0.717, 1.165) is 5.56 Å². The molecule has 1 N–H and O–H groups in total. The lowest BCUT2D eigenvalue weighted by Crippen LogP contribution is -1.85. The highest BCUT2D eigenvalue weighted by Gasteiger charge is 2.02. The molecular formula is C9H12Cl2O. The maximum atomic E-state index is 9.09. The quantitative estimate of drug-likeness (QED) is 0.745. The van der Waals surface area contributed by atoms with Gasteiger partial charge in [0.25, 0.3) is 0 Å². The van der Waals surface area contributed by atoms with Crippen LogP contribution in [0.15, 0.2) is 18.2 Å². The van der Waals surface area contributed by atoms with Gasteiger partial charge in [-0.25, -0.2) is 0 Å². The summed E-state index contributed by atoms with van der Waals surface area (Å²) in [6.45, 7) is 4.17. The van der Waals surface area contributed by atoms with Crippen molar-refractivity contribution in [2.24, 2.45) is 0 Å². The second-order valence-corrected chi connectivity index (χ2v) is 3.27. The van der Waals surface area contributed by atoms with Crippen LogP contribution in [0, 0.1) is 0 Å². The van der Waals surface area contributed by atoms with Crippen LogP contribution in [0.4, 0.5) is 0 Å². The molecule has 0 amide bonds. The zero-order chi connectivity index (χ0) is 8.43. The summed E-state index contributed by atoms with van der Waals surface area (Å²) in [5.41, 5.74) is 1.15. The molecule has 12 heavy (non-hydrogen) atoms. The summed E-state index contributed by atoms with van der Waals surface area (Å²) >= 11 is 5.71. The second-order valence-electron chi connectivity index (χ2n) is 2.87. The van der Waals surface area contributed by atoms with E-state index in [1.807, 2.05) is 6.07 Å². The number of halogens is 2. The molecule has 0 heterocycles. The van der Waals surface area contributed by atoms with Crippen molar-refractivity contribution in [3.8, 4) is 5.75 Å². The molecular weight excluding hydrogens is 195 g/mol. The van der Waals surface area contributed by atoms with Crippen LogP contribution in [0.2, 0.25) is 5.02 Å². The highest BCUT2D eigenvalue weighted by Crippen LogP contribution is 2.26. The van der Waals surface area contributed by atoms with Gasteiger partial charge < -0.3 is 5.11 Å². The van der Waals surface area contributed by atoms with Crippen molar-refractivity contribution in [3.63, 3.8) is 0 Å². The van der Waals surface area contributed by atoms with Crippen LogP contribution in [0.5, 0.6) is 5.75 Å². The molecule has 1 nitrogen and oxygen atoms in total. The molecule has 3 heteroatoms. The summed E-state index contributed by atoms with van der Waals surface area (Å²) in [4.78, 5) is 0. The van der Waals surface area contributed by atoms with Crippen LogP contribution in [0.1, 0.15) is 25.3 Å². The number of hydrogen-bond donors (Lipinski definition) is 1. The van der Waals surface area contributed by atoms with Gasteiger partial charge in [-0.2, -0.15) is 0 Å². The highest BCUT2D eigenvalue weighted by atomic mass is 35.5. The van der Waals surface area contributed by atoms with Gasteiger partial charge in [0.2, 0.25) is 0 Å². The van der Waals surface area contributed by atoms with E-state index in [-0.39, 0.29) is 18.2 Å².